The van der Waals surface area contributed by atoms with Crippen LogP contribution in [0.25, 0.3) is 10.2 Å². The highest BCUT2D eigenvalue weighted by atomic mass is 32.1. The lowest BCUT2D eigenvalue weighted by Crippen LogP contribution is -2.28. The van der Waals surface area contributed by atoms with E-state index >= 15 is 0 Å². The maximum absolute atomic E-state index is 6.15. The van der Waals surface area contributed by atoms with E-state index in [9.17, 15) is 0 Å². The van der Waals surface area contributed by atoms with Crippen LogP contribution in [-0.4, -0.2) is 17.7 Å². The van der Waals surface area contributed by atoms with Gasteiger partial charge in [-0.2, -0.15) is 0 Å². The standard InChI is InChI=1S/C19H26N2O2S.C2H6/c1-6-14(20-17(12-7-8-12)23-19(2,3)4)18-21-15-10-9-13(22-5)11-16(15)24-18;1-2/h9-11,14,20H,6-8H2,1-5H3;1-2H3. The Morgan fingerprint density at radius 3 is 2.50 bits per heavy atom. The molecule has 0 radical (unpaired) electrons. The summed E-state index contributed by atoms with van der Waals surface area (Å²) in [6.07, 6.45) is 3.22. The van der Waals surface area contributed by atoms with Gasteiger partial charge in [-0.1, -0.05) is 20.8 Å². The Labute approximate surface area is 161 Å². The highest BCUT2D eigenvalue weighted by Crippen LogP contribution is 2.36. The molecule has 1 N–H and O–H groups in total. The molecule has 26 heavy (non-hydrogen) atoms. The minimum atomic E-state index is -0.197. The third-order valence-electron chi connectivity index (χ3n) is 3.85. The molecule has 1 saturated carbocycles. The molecule has 0 spiro atoms. The largest absolute Gasteiger partial charge is 0.497 e. The van der Waals surface area contributed by atoms with Crippen molar-refractivity contribution in [1.82, 2.24) is 10.3 Å². The van der Waals surface area contributed by atoms with Crippen molar-refractivity contribution in [2.24, 2.45) is 0 Å². The number of allylic oxidation sites excluding steroid dienone is 1. The Hall–Kier alpha value is -1.75. The Morgan fingerprint density at radius 2 is 1.96 bits per heavy atom. The van der Waals surface area contributed by atoms with Crippen molar-refractivity contribution in [3.8, 4) is 5.75 Å². The minimum Gasteiger partial charge on any atom is -0.497 e. The van der Waals surface area contributed by atoms with Gasteiger partial charge in [0.2, 0.25) is 0 Å². The lowest BCUT2D eigenvalue weighted by Gasteiger charge is -2.26. The second kappa shape index (κ2) is 8.76. The predicted octanol–water partition coefficient (Wildman–Crippen LogP) is 6.19. The van der Waals surface area contributed by atoms with Crippen molar-refractivity contribution in [1.29, 1.82) is 0 Å². The zero-order valence-corrected chi connectivity index (χ0v) is 17.9. The lowest BCUT2D eigenvalue weighted by molar-refractivity contribution is 0.0360. The van der Waals surface area contributed by atoms with Crippen LogP contribution in [0.4, 0.5) is 0 Å². The molecule has 1 aliphatic rings. The second-order valence-corrected chi connectivity index (χ2v) is 8.20. The van der Waals surface area contributed by atoms with Crippen molar-refractivity contribution >= 4 is 21.6 Å². The molecule has 1 unspecified atom stereocenters. The number of nitrogens with one attached hydrogen (secondary N) is 1. The van der Waals surface area contributed by atoms with Crippen LogP contribution < -0.4 is 10.1 Å². The molecule has 144 valence electrons. The molecular weight excluding hydrogens is 344 g/mol. The molecule has 0 bridgehead atoms. The normalized spacial score (nSPS) is 14.3. The third-order valence-corrected chi connectivity index (χ3v) is 4.99. The maximum Gasteiger partial charge on any atom is 0.186 e. The van der Waals surface area contributed by atoms with E-state index in [-0.39, 0.29) is 11.6 Å². The molecule has 1 atom stereocenters. The number of hydrogen-bond donors (Lipinski definition) is 1. The van der Waals surface area contributed by atoms with Gasteiger partial charge in [-0.3, -0.25) is 0 Å². The Kier molecular flexibility index (Phi) is 6.93. The number of ether oxygens (including phenoxy) is 2. The van der Waals surface area contributed by atoms with Gasteiger partial charge in [-0.25, -0.2) is 4.98 Å². The smallest absolute Gasteiger partial charge is 0.186 e. The molecule has 5 heteroatoms. The van der Waals surface area contributed by atoms with Crippen molar-refractivity contribution < 1.29 is 9.47 Å². The van der Waals surface area contributed by atoms with Crippen LogP contribution in [0, 0.1) is 0 Å². The molecule has 4 nitrogen and oxygen atoms in total. The van der Waals surface area contributed by atoms with Crippen LogP contribution >= 0.6 is 11.3 Å². The molecule has 1 aliphatic carbocycles. The SMILES string of the molecule is CC.CCC(NC(OC(C)(C)C)=C1CC1)c1nc2ccc(OC)cc2s1. The molecule has 0 saturated heterocycles. The first-order valence-electron chi connectivity index (χ1n) is 9.51. The molecular formula is C21H32N2O2S. The van der Waals surface area contributed by atoms with E-state index < -0.39 is 0 Å². The monoisotopic (exact) mass is 376 g/mol. The summed E-state index contributed by atoms with van der Waals surface area (Å²) >= 11 is 1.72. The summed E-state index contributed by atoms with van der Waals surface area (Å²) in [4.78, 5) is 4.81. The predicted molar refractivity (Wildman–Crippen MR) is 111 cm³/mol. The summed E-state index contributed by atoms with van der Waals surface area (Å²) in [5, 5.41) is 4.70. The Morgan fingerprint density at radius 1 is 1.27 bits per heavy atom. The summed E-state index contributed by atoms with van der Waals surface area (Å²) < 4.78 is 12.6. The van der Waals surface area contributed by atoms with E-state index in [1.807, 2.05) is 26.0 Å². The van der Waals surface area contributed by atoms with Gasteiger partial charge in [0, 0.05) is 0 Å². The number of thiazole rings is 1. The molecule has 0 aliphatic heterocycles. The number of hydrogen-bond acceptors (Lipinski definition) is 5. The van der Waals surface area contributed by atoms with Gasteiger partial charge in [0.15, 0.2) is 5.88 Å². The average Bonchev–Trinajstić information content (AvgIpc) is 3.38. The number of benzene rings is 1. The lowest BCUT2D eigenvalue weighted by atomic mass is 10.2. The first-order chi connectivity index (χ1) is 12.4. The maximum atomic E-state index is 6.15. The zero-order valence-electron chi connectivity index (χ0n) is 17.1. The molecule has 1 heterocycles. The van der Waals surface area contributed by atoms with Crippen LogP contribution in [0.1, 0.15) is 71.9 Å². The van der Waals surface area contributed by atoms with E-state index in [4.69, 9.17) is 14.5 Å². The molecule has 2 aromatic rings. The molecule has 3 rings (SSSR count). The highest BCUT2D eigenvalue weighted by Gasteiger charge is 2.26. The Balaban J connectivity index is 0.00000117. The van der Waals surface area contributed by atoms with Gasteiger partial charge < -0.3 is 14.8 Å². The minimum absolute atomic E-state index is 0.166. The van der Waals surface area contributed by atoms with E-state index in [1.165, 1.54) is 5.57 Å². The average molecular weight is 377 g/mol. The van der Waals surface area contributed by atoms with Crippen molar-refractivity contribution in [2.75, 3.05) is 7.11 Å². The summed E-state index contributed by atoms with van der Waals surface area (Å²) in [6.45, 7) is 12.4. The quantitative estimate of drug-likeness (QED) is 0.610. The van der Waals surface area contributed by atoms with Crippen LogP contribution in [0.5, 0.6) is 5.75 Å². The fourth-order valence-electron chi connectivity index (χ4n) is 2.49. The van der Waals surface area contributed by atoms with E-state index in [0.29, 0.717) is 0 Å². The van der Waals surface area contributed by atoms with Gasteiger partial charge in [0.25, 0.3) is 0 Å². The summed E-state index contributed by atoms with van der Waals surface area (Å²) in [5.74, 6) is 1.82. The van der Waals surface area contributed by atoms with Crippen LogP contribution in [-0.2, 0) is 4.74 Å². The van der Waals surface area contributed by atoms with Crippen LogP contribution in [0.2, 0.25) is 0 Å². The molecule has 1 aromatic heterocycles. The number of rotatable bonds is 6. The molecule has 1 fully saturated rings. The van der Waals surface area contributed by atoms with Crippen LogP contribution in [0.3, 0.4) is 0 Å². The van der Waals surface area contributed by atoms with Gasteiger partial charge in [0.1, 0.15) is 16.4 Å². The molecule has 1 aromatic carbocycles. The fraction of sp³-hybridized carbons (Fsp3) is 0.571. The van der Waals surface area contributed by atoms with Gasteiger partial charge in [0.05, 0.1) is 23.4 Å². The van der Waals surface area contributed by atoms with Crippen molar-refractivity contribution in [3.63, 3.8) is 0 Å². The highest BCUT2D eigenvalue weighted by molar-refractivity contribution is 7.18. The van der Waals surface area contributed by atoms with Crippen molar-refractivity contribution in [2.45, 2.75) is 72.4 Å². The van der Waals surface area contributed by atoms with Crippen molar-refractivity contribution in [3.05, 3.63) is 34.7 Å². The third kappa shape index (κ3) is 5.37. The summed E-state index contributed by atoms with van der Waals surface area (Å²) in [5.41, 5.74) is 2.21. The van der Waals surface area contributed by atoms with Gasteiger partial charge in [-0.15, -0.1) is 11.3 Å². The summed E-state index contributed by atoms with van der Waals surface area (Å²) in [7, 11) is 1.69. The number of aromatic nitrogens is 1. The van der Waals surface area contributed by atoms with Gasteiger partial charge in [-0.05, 0) is 63.8 Å². The Bertz CT molecular complexity index is 753. The number of nitrogens with zero attached hydrogens (tertiary/aromatic N) is 1. The van der Waals surface area contributed by atoms with Gasteiger partial charge >= 0.3 is 0 Å². The number of methoxy groups -OCH3 is 1. The zero-order chi connectivity index (χ0) is 19.3. The summed E-state index contributed by atoms with van der Waals surface area (Å²) in [6, 6.07) is 6.20. The number of fused-ring (bicyclic) bond motifs is 1. The van der Waals surface area contributed by atoms with Crippen LogP contribution in [0.15, 0.2) is 29.7 Å². The fourth-order valence-corrected chi connectivity index (χ4v) is 3.63. The molecule has 0 amide bonds. The van der Waals surface area contributed by atoms with E-state index in [2.05, 4.69) is 39.1 Å². The topological polar surface area (TPSA) is 43.4 Å². The van der Waals surface area contributed by atoms with E-state index in [0.717, 1.165) is 46.1 Å². The van der Waals surface area contributed by atoms with E-state index in [1.54, 1.807) is 18.4 Å². The first kappa shape index (κ1) is 20.6. The first-order valence-corrected chi connectivity index (χ1v) is 10.3. The second-order valence-electron chi connectivity index (χ2n) is 7.14.